The second kappa shape index (κ2) is 6.43. The van der Waals surface area contributed by atoms with Crippen molar-refractivity contribution in [2.45, 2.75) is 26.3 Å². The highest BCUT2D eigenvalue weighted by molar-refractivity contribution is 5.39. The van der Waals surface area contributed by atoms with E-state index < -0.39 is 0 Å². The standard InChI is InChI=1S/C16H21NO2/c1-4-12-10-11-15(19-12)16(17-3)13-8-6-7-9-14(13)18-5-2/h6-11,16-17H,4-5H2,1-3H3. The number of rotatable bonds is 6. The van der Waals surface area contributed by atoms with Crippen LogP contribution >= 0.6 is 0 Å². The van der Waals surface area contributed by atoms with Crippen LogP contribution in [0.5, 0.6) is 5.75 Å². The Morgan fingerprint density at radius 3 is 2.58 bits per heavy atom. The van der Waals surface area contributed by atoms with Crippen molar-refractivity contribution in [2.24, 2.45) is 0 Å². The third-order valence-electron chi connectivity index (χ3n) is 3.13. The van der Waals surface area contributed by atoms with Crippen molar-refractivity contribution >= 4 is 0 Å². The SMILES string of the molecule is CCOc1ccccc1C(NC)c1ccc(CC)o1. The Bertz CT molecular complexity index is 519. The quantitative estimate of drug-likeness (QED) is 0.861. The minimum atomic E-state index is 0.0167. The van der Waals surface area contributed by atoms with E-state index in [2.05, 4.69) is 18.3 Å². The van der Waals surface area contributed by atoms with Crippen LogP contribution < -0.4 is 10.1 Å². The summed E-state index contributed by atoms with van der Waals surface area (Å²) in [7, 11) is 1.93. The molecule has 19 heavy (non-hydrogen) atoms. The van der Waals surface area contributed by atoms with Gasteiger partial charge in [0.05, 0.1) is 12.6 Å². The maximum absolute atomic E-state index is 5.86. The third kappa shape index (κ3) is 2.99. The number of hydrogen-bond acceptors (Lipinski definition) is 3. The first kappa shape index (κ1) is 13.7. The molecule has 0 bridgehead atoms. The molecule has 1 heterocycles. The Labute approximate surface area is 114 Å². The van der Waals surface area contributed by atoms with E-state index in [-0.39, 0.29) is 6.04 Å². The van der Waals surface area contributed by atoms with Crippen LogP contribution in [-0.2, 0) is 6.42 Å². The van der Waals surface area contributed by atoms with Crippen molar-refractivity contribution in [1.29, 1.82) is 0 Å². The van der Waals surface area contributed by atoms with Crippen LogP contribution in [0.2, 0.25) is 0 Å². The van der Waals surface area contributed by atoms with Crippen LogP contribution in [0.25, 0.3) is 0 Å². The molecule has 0 fully saturated rings. The van der Waals surface area contributed by atoms with Gasteiger partial charge in [0, 0.05) is 12.0 Å². The summed E-state index contributed by atoms with van der Waals surface area (Å²) in [6.07, 6.45) is 0.906. The van der Waals surface area contributed by atoms with E-state index in [0.717, 1.165) is 29.3 Å². The smallest absolute Gasteiger partial charge is 0.125 e. The predicted octanol–water partition coefficient (Wildman–Crippen LogP) is 3.55. The van der Waals surface area contributed by atoms with Crippen LogP contribution in [0.1, 0.15) is 37.0 Å². The predicted molar refractivity (Wildman–Crippen MR) is 76.6 cm³/mol. The molecule has 0 spiro atoms. The first-order valence-electron chi connectivity index (χ1n) is 6.77. The Kier molecular flexibility index (Phi) is 4.63. The van der Waals surface area contributed by atoms with Crippen molar-refractivity contribution in [3.8, 4) is 5.75 Å². The molecular weight excluding hydrogens is 238 g/mol. The molecule has 1 aromatic heterocycles. The lowest BCUT2D eigenvalue weighted by molar-refractivity contribution is 0.331. The summed E-state index contributed by atoms with van der Waals surface area (Å²) >= 11 is 0. The van der Waals surface area contributed by atoms with Crippen LogP contribution in [0.4, 0.5) is 0 Å². The molecule has 3 heteroatoms. The lowest BCUT2D eigenvalue weighted by atomic mass is 10.0. The summed E-state index contributed by atoms with van der Waals surface area (Å²) in [4.78, 5) is 0. The van der Waals surface area contributed by atoms with Gasteiger partial charge >= 0.3 is 0 Å². The fraction of sp³-hybridized carbons (Fsp3) is 0.375. The van der Waals surface area contributed by atoms with Gasteiger partial charge in [0.1, 0.15) is 17.3 Å². The number of para-hydroxylation sites is 1. The Hall–Kier alpha value is -1.74. The lowest BCUT2D eigenvalue weighted by Gasteiger charge is -2.18. The Balaban J connectivity index is 2.36. The first-order chi connectivity index (χ1) is 9.30. The van der Waals surface area contributed by atoms with E-state index in [4.69, 9.17) is 9.15 Å². The summed E-state index contributed by atoms with van der Waals surface area (Å²) in [5.74, 6) is 2.83. The van der Waals surface area contributed by atoms with Crippen molar-refractivity contribution in [1.82, 2.24) is 5.32 Å². The summed E-state index contributed by atoms with van der Waals surface area (Å²) in [5, 5.41) is 3.30. The minimum absolute atomic E-state index is 0.0167. The van der Waals surface area contributed by atoms with Gasteiger partial charge in [-0.3, -0.25) is 0 Å². The van der Waals surface area contributed by atoms with E-state index in [1.54, 1.807) is 0 Å². The fourth-order valence-corrected chi connectivity index (χ4v) is 2.20. The zero-order valence-electron chi connectivity index (χ0n) is 11.8. The molecule has 3 nitrogen and oxygen atoms in total. The molecule has 1 unspecified atom stereocenters. The Morgan fingerprint density at radius 1 is 1.16 bits per heavy atom. The molecule has 1 N–H and O–H groups in total. The molecule has 1 aromatic carbocycles. The minimum Gasteiger partial charge on any atom is -0.494 e. The highest BCUT2D eigenvalue weighted by Gasteiger charge is 2.19. The van der Waals surface area contributed by atoms with Gasteiger partial charge in [0.2, 0.25) is 0 Å². The fourth-order valence-electron chi connectivity index (χ4n) is 2.20. The van der Waals surface area contributed by atoms with Gasteiger partial charge in [-0.05, 0) is 32.2 Å². The third-order valence-corrected chi connectivity index (χ3v) is 3.13. The van der Waals surface area contributed by atoms with Gasteiger partial charge in [-0.2, -0.15) is 0 Å². The Morgan fingerprint density at radius 2 is 1.95 bits per heavy atom. The van der Waals surface area contributed by atoms with Crippen molar-refractivity contribution < 1.29 is 9.15 Å². The van der Waals surface area contributed by atoms with Crippen LogP contribution in [0, 0.1) is 0 Å². The molecule has 0 aliphatic carbocycles. The molecule has 0 aliphatic rings. The molecular formula is C16H21NO2. The second-order valence-electron chi connectivity index (χ2n) is 4.35. The van der Waals surface area contributed by atoms with E-state index in [9.17, 15) is 0 Å². The summed E-state index contributed by atoms with van der Waals surface area (Å²) < 4.78 is 11.5. The molecule has 1 atom stereocenters. The second-order valence-corrected chi connectivity index (χ2v) is 4.35. The number of ether oxygens (including phenoxy) is 1. The van der Waals surface area contributed by atoms with E-state index in [0.29, 0.717) is 6.61 Å². The van der Waals surface area contributed by atoms with Crippen LogP contribution in [0.3, 0.4) is 0 Å². The number of nitrogens with one attached hydrogen (secondary N) is 1. The summed E-state index contributed by atoms with van der Waals surface area (Å²) in [6.45, 7) is 4.74. The van der Waals surface area contributed by atoms with E-state index in [1.165, 1.54) is 0 Å². The van der Waals surface area contributed by atoms with Crippen molar-refractivity contribution in [3.63, 3.8) is 0 Å². The topological polar surface area (TPSA) is 34.4 Å². The molecule has 0 radical (unpaired) electrons. The first-order valence-corrected chi connectivity index (χ1v) is 6.77. The maximum atomic E-state index is 5.86. The molecule has 2 aromatic rings. The van der Waals surface area contributed by atoms with Gasteiger partial charge in [-0.15, -0.1) is 0 Å². The maximum Gasteiger partial charge on any atom is 0.125 e. The largest absolute Gasteiger partial charge is 0.494 e. The van der Waals surface area contributed by atoms with Crippen molar-refractivity contribution in [2.75, 3.05) is 13.7 Å². The van der Waals surface area contributed by atoms with Gasteiger partial charge in [0.25, 0.3) is 0 Å². The zero-order valence-corrected chi connectivity index (χ0v) is 11.8. The summed E-state index contributed by atoms with van der Waals surface area (Å²) in [5.41, 5.74) is 1.10. The normalized spacial score (nSPS) is 12.4. The number of furan rings is 1. The molecule has 2 rings (SSSR count). The molecule has 0 saturated heterocycles. The zero-order chi connectivity index (χ0) is 13.7. The average molecular weight is 259 g/mol. The van der Waals surface area contributed by atoms with Gasteiger partial charge in [-0.1, -0.05) is 25.1 Å². The number of aryl methyl sites for hydroxylation is 1. The van der Waals surface area contributed by atoms with Crippen LogP contribution in [-0.4, -0.2) is 13.7 Å². The lowest BCUT2D eigenvalue weighted by Crippen LogP contribution is -2.18. The van der Waals surface area contributed by atoms with Crippen molar-refractivity contribution in [3.05, 3.63) is 53.5 Å². The molecule has 0 saturated carbocycles. The highest BCUT2D eigenvalue weighted by atomic mass is 16.5. The molecule has 0 amide bonds. The average Bonchev–Trinajstić information content (AvgIpc) is 2.91. The monoisotopic (exact) mass is 259 g/mol. The molecule has 102 valence electrons. The van der Waals surface area contributed by atoms with Gasteiger partial charge in [0.15, 0.2) is 0 Å². The van der Waals surface area contributed by atoms with E-state index in [1.807, 2.05) is 44.3 Å². The number of hydrogen-bond donors (Lipinski definition) is 1. The van der Waals surface area contributed by atoms with Gasteiger partial charge in [-0.25, -0.2) is 0 Å². The number of benzene rings is 1. The van der Waals surface area contributed by atoms with E-state index >= 15 is 0 Å². The van der Waals surface area contributed by atoms with Gasteiger partial charge < -0.3 is 14.5 Å². The van der Waals surface area contributed by atoms with Crippen LogP contribution in [0.15, 0.2) is 40.8 Å². The highest BCUT2D eigenvalue weighted by Crippen LogP contribution is 2.30. The molecule has 0 aliphatic heterocycles. The summed E-state index contributed by atoms with van der Waals surface area (Å²) in [6, 6.07) is 12.1.